The van der Waals surface area contributed by atoms with E-state index in [0.717, 1.165) is 12.2 Å². The lowest BCUT2D eigenvalue weighted by Crippen LogP contribution is -2.39. The second kappa shape index (κ2) is 6.32. The number of ether oxygens (including phenoxy) is 1. The van der Waals surface area contributed by atoms with Crippen LogP contribution in [0.15, 0.2) is 47.5 Å². The highest BCUT2D eigenvalue weighted by molar-refractivity contribution is 5.79. The Morgan fingerprint density at radius 1 is 1.04 bits per heavy atom. The van der Waals surface area contributed by atoms with E-state index in [0.29, 0.717) is 5.96 Å². The molecule has 0 bridgehead atoms. The minimum Gasteiger partial charge on any atom is -0.497 e. The van der Waals surface area contributed by atoms with E-state index in [1.807, 2.05) is 12.1 Å². The normalized spacial score (nSPS) is 20.6. The summed E-state index contributed by atoms with van der Waals surface area (Å²) in [5, 5.41) is 3.28. The van der Waals surface area contributed by atoms with Crippen LogP contribution in [0.4, 0.5) is 0 Å². The van der Waals surface area contributed by atoms with Gasteiger partial charge in [0, 0.05) is 0 Å². The van der Waals surface area contributed by atoms with Gasteiger partial charge in [-0.3, -0.25) is 0 Å². The third-order valence-electron chi connectivity index (χ3n) is 4.51. The van der Waals surface area contributed by atoms with Gasteiger partial charge >= 0.3 is 0 Å². The minimum absolute atomic E-state index is 0.0858. The summed E-state index contributed by atoms with van der Waals surface area (Å²) >= 11 is 0. The van der Waals surface area contributed by atoms with Crippen LogP contribution in [0.3, 0.4) is 0 Å². The van der Waals surface area contributed by atoms with Gasteiger partial charge in [0.25, 0.3) is 0 Å². The van der Waals surface area contributed by atoms with Gasteiger partial charge < -0.3 is 15.8 Å². The fraction of sp³-hybridized carbons (Fsp3) is 0.316. The second-order valence-electron chi connectivity index (χ2n) is 6.08. The number of benzene rings is 2. The molecule has 2 atom stereocenters. The van der Waals surface area contributed by atoms with E-state index >= 15 is 0 Å². The van der Waals surface area contributed by atoms with E-state index < -0.39 is 0 Å². The Morgan fingerprint density at radius 2 is 1.74 bits per heavy atom. The maximum Gasteiger partial charge on any atom is 0.189 e. The van der Waals surface area contributed by atoms with Crippen molar-refractivity contribution in [3.05, 3.63) is 64.7 Å². The molecule has 2 unspecified atom stereocenters. The third-order valence-corrected chi connectivity index (χ3v) is 4.51. The first kappa shape index (κ1) is 15.4. The summed E-state index contributed by atoms with van der Waals surface area (Å²) in [7, 11) is 1.67. The largest absolute Gasteiger partial charge is 0.497 e. The van der Waals surface area contributed by atoms with Gasteiger partial charge in [-0.25, -0.2) is 4.99 Å². The fourth-order valence-electron chi connectivity index (χ4n) is 2.96. The molecule has 3 N–H and O–H groups in total. The smallest absolute Gasteiger partial charge is 0.189 e. The highest BCUT2D eigenvalue weighted by atomic mass is 16.5. The average Bonchev–Trinajstić information content (AvgIpc) is 2.57. The van der Waals surface area contributed by atoms with Crippen LogP contribution in [0.2, 0.25) is 0 Å². The molecular weight excluding hydrogens is 286 g/mol. The predicted molar refractivity (Wildman–Crippen MR) is 93.8 cm³/mol. The summed E-state index contributed by atoms with van der Waals surface area (Å²) in [6.07, 6.45) is 0.884. The van der Waals surface area contributed by atoms with E-state index in [2.05, 4.69) is 54.5 Å². The lowest BCUT2D eigenvalue weighted by molar-refractivity contribution is 0.414. The molecule has 4 heteroatoms. The zero-order valence-electron chi connectivity index (χ0n) is 13.8. The number of nitrogens with two attached hydrogens (primary N) is 1. The molecule has 3 rings (SSSR count). The molecule has 0 aliphatic carbocycles. The van der Waals surface area contributed by atoms with Crippen molar-refractivity contribution in [1.82, 2.24) is 5.32 Å². The number of rotatable bonds is 3. The van der Waals surface area contributed by atoms with Gasteiger partial charge in [-0.2, -0.15) is 0 Å². The summed E-state index contributed by atoms with van der Waals surface area (Å²) < 4.78 is 5.22. The number of methoxy groups -OCH3 is 1. The summed E-state index contributed by atoms with van der Waals surface area (Å²) in [6.45, 7) is 4.26. The average molecular weight is 309 g/mol. The van der Waals surface area contributed by atoms with Crippen LogP contribution < -0.4 is 15.8 Å². The fourth-order valence-corrected chi connectivity index (χ4v) is 2.96. The van der Waals surface area contributed by atoms with Crippen molar-refractivity contribution in [3.63, 3.8) is 0 Å². The first-order valence-electron chi connectivity index (χ1n) is 7.87. The maximum absolute atomic E-state index is 6.03. The molecule has 120 valence electrons. The molecule has 0 radical (unpaired) electrons. The van der Waals surface area contributed by atoms with Gasteiger partial charge in [-0.1, -0.05) is 30.3 Å². The lowest BCUT2D eigenvalue weighted by Gasteiger charge is -2.29. The molecule has 2 aromatic carbocycles. The van der Waals surface area contributed by atoms with Crippen LogP contribution in [0.25, 0.3) is 0 Å². The van der Waals surface area contributed by atoms with Gasteiger partial charge in [0.05, 0.1) is 19.2 Å². The van der Waals surface area contributed by atoms with E-state index in [1.54, 1.807) is 7.11 Å². The van der Waals surface area contributed by atoms with Crippen LogP contribution in [-0.4, -0.2) is 13.1 Å². The van der Waals surface area contributed by atoms with Crippen molar-refractivity contribution >= 4 is 5.96 Å². The quantitative estimate of drug-likeness (QED) is 0.913. The molecule has 1 heterocycles. The molecular formula is C19H23N3O. The monoisotopic (exact) mass is 309 g/mol. The Labute approximate surface area is 137 Å². The second-order valence-corrected chi connectivity index (χ2v) is 6.08. The number of aryl methyl sites for hydroxylation is 2. The molecule has 1 aliphatic heterocycles. The number of hydrogen-bond donors (Lipinski definition) is 2. The highest BCUT2D eigenvalue weighted by Crippen LogP contribution is 2.33. The van der Waals surface area contributed by atoms with Gasteiger partial charge in [-0.05, 0) is 54.7 Å². The molecule has 2 aromatic rings. The van der Waals surface area contributed by atoms with E-state index in [4.69, 9.17) is 10.5 Å². The van der Waals surface area contributed by atoms with Gasteiger partial charge in [-0.15, -0.1) is 0 Å². The van der Waals surface area contributed by atoms with Gasteiger partial charge in [0.1, 0.15) is 5.75 Å². The van der Waals surface area contributed by atoms with Crippen molar-refractivity contribution in [2.24, 2.45) is 10.7 Å². The molecule has 0 amide bonds. The van der Waals surface area contributed by atoms with Crippen LogP contribution in [0.1, 0.15) is 40.8 Å². The Bertz CT molecular complexity index is 722. The van der Waals surface area contributed by atoms with Crippen molar-refractivity contribution in [2.45, 2.75) is 32.4 Å². The molecule has 0 fully saturated rings. The third kappa shape index (κ3) is 3.31. The Hall–Kier alpha value is -2.49. The molecule has 1 aliphatic rings. The summed E-state index contributed by atoms with van der Waals surface area (Å²) in [5.74, 6) is 1.36. The van der Waals surface area contributed by atoms with Crippen LogP contribution >= 0.6 is 0 Å². The van der Waals surface area contributed by atoms with Crippen LogP contribution in [0, 0.1) is 13.8 Å². The van der Waals surface area contributed by atoms with E-state index in [9.17, 15) is 0 Å². The Balaban J connectivity index is 1.85. The molecule has 0 spiro atoms. The molecule has 0 saturated heterocycles. The highest BCUT2D eigenvalue weighted by Gasteiger charge is 2.24. The van der Waals surface area contributed by atoms with E-state index in [-0.39, 0.29) is 12.1 Å². The Morgan fingerprint density at radius 3 is 2.39 bits per heavy atom. The van der Waals surface area contributed by atoms with Crippen LogP contribution in [-0.2, 0) is 0 Å². The van der Waals surface area contributed by atoms with Gasteiger partial charge in [0.2, 0.25) is 0 Å². The van der Waals surface area contributed by atoms with E-state index in [1.165, 1.54) is 22.3 Å². The summed E-state index contributed by atoms with van der Waals surface area (Å²) in [4.78, 5) is 4.59. The van der Waals surface area contributed by atoms with Gasteiger partial charge in [0.15, 0.2) is 5.96 Å². The first-order valence-corrected chi connectivity index (χ1v) is 7.87. The Kier molecular flexibility index (Phi) is 4.24. The summed E-state index contributed by atoms with van der Waals surface area (Å²) in [5.41, 5.74) is 11.0. The van der Waals surface area contributed by atoms with Crippen molar-refractivity contribution in [3.8, 4) is 5.75 Å². The SMILES string of the molecule is COc1ccc(C2CC(c3ccc(C)c(C)c3)N=C(N)N2)cc1. The maximum atomic E-state index is 6.03. The van der Waals surface area contributed by atoms with Crippen molar-refractivity contribution in [2.75, 3.05) is 7.11 Å². The number of aliphatic imine (C=N–C) groups is 1. The molecule has 23 heavy (non-hydrogen) atoms. The number of hydrogen-bond acceptors (Lipinski definition) is 4. The zero-order chi connectivity index (χ0) is 16.4. The number of guanidine groups is 1. The summed E-state index contributed by atoms with van der Waals surface area (Å²) in [6, 6.07) is 14.9. The van der Waals surface area contributed by atoms with Crippen molar-refractivity contribution in [1.29, 1.82) is 0 Å². The molecule has 0 aromatic heterocycles. The topological polar surface area (TPSA) is 59.6 Å². The first-order chi connectivity index (χ1) is 11.1. The zero-order valence-corrected chi connectivity index (χ0v) is 13.8. The minimum atomic E-state index is 0.0858. The number of nitrogens with zero attached hydrogens (tertiary/aromatic N) is 1. The molecule has 4 nitrogen and oxygen atoms in total. The standard InChI is InChI=1S/C19H23N3O/c1-12-4-5-15(10-13(12)2)18-11-17(21-19(20)22-18)14-6-8-16(23-3)9-7-14/h4-10,17-18H,11H2,1-3H3,(H3,20,21,22). The predicted octanol–water partition coefficient (Wildman–Crippen LogP) is 3.40. The van der Waals surface area contributed by atoms with Crippen molar-refractivity contribution < 1.29 is 4.74 Å². The van der Waals surface area contributed by atoms with Crippen LogP contribution in [0.5, 0.6) is 5.75 Å². The lowest BCUT2D eigenvalue weighted by atomic mass is 9.92. The number of nitrogens with one attached hydrogen (secondary N) is 1. The molecule has 0 saturated carbocycles.